The zero-order valence-electron chi connectivity index (χ0n) is 11.1. The van der Waals surface area contributed by atoms with Crippen molar-refractivity contribution in [3.63, 3.8) is 0 Å². The quantitative estimate of drug-likeness (QED) is 0.900. The smallest absolute Gasteiger partial charge is 0.125 e. The number of ether oxygens (including phenoxy) is 1. The Labute approximate surface area is 113 Å². The van der Waals surface area contributed by atoms with Crippen molar-refractivity contribution in [1.82, 2.24) is 0 Å². The summed E-state index contributed by atoms with van der Waals surface area (Å²) in [5.74, 6) is 1.53. The van der Waals surface area contributed by atoms with Crippen molar-refractivity contribution in [1.29, 1.82) is 0 Å². The lowest BCUT2D eigenvalue weighted by atomic mass is 10.0. The largest absolute Gasteiger partial charge is 0.493 e. The molecule has 0 saturated heterocycles. The van der Waals surface area contributed by atoms with Crippen LogP contribution in [0, 0.1) is 12.8 Å². The van der Waals surface area contributed by atoms with Crippen LogP contribution in [-0.4, -0.2) is 12.6 Å². The molecule has 0 bridgehead atoms. The van der Waals surface area contributed by atoms with Crippen LogP contribution >= 0.6 is 15.9 Å². The molecule has 0 fully saturated rings. The third-order valence-corrected chi connectivity index (χ3v) is 2.88. The van der Waals surface area contributed by atoms with Crippen LogP contribution in [0.15, 0.2) is 16.6 Å². The Kier molecular flexibility index (Phi) is 5.47. The Bertz CT molecular complexity index is 375. The Morgan fingerprint density at radius 1 is 1.29 bits per heavy atom. The van der Waals surface area contributed by atoms with E-state index in [1.54, 1.807) is 0 Å². The van der Waals surface area contributed by atoms with Gasteiger partial charge in [0.1, 0.15) is 5.75 Å². The van der Waals surface area contributed by atoms with Crippen molar-refractivity contribution >= 4 is 15.9 Å². The number of hydrogen-bond acceptors (Lipinski definition) is 2. The van der Waals surface area contributed by atoms with Crippen molar-refractivity contribution in [2.45, 2.75) is 40.2 Å². The highest BCUT2D eigenvalue weighted by molar-refractivity contribution is 9.10. The van der Waals surface area contributed by atoms with Gasteiger partial charge in [-0.3, -0.25) is 0 Å². The van der Waals surface area contributed by atoms with Crippen LogP contribution in [0.4, 0.5) is 0 Å². The summed E-state index contributed by atoms with van der Waals surface area (Å²) >= 11 is 3.52. The third kappa shape index (κ3) is 4.68. The van der Waals surface area contributed by atoms with Gasteiger partial charge in [-0.15, -0.1) is 0 Å². The lowest BCUT2D eigenvalue weighted by Gasteiger charge is -2.17. The third-order valence-electron chi connectivity index (χ3n) is 2.42. The molecule has 2 N–H and O–H groups in total. The van der Waals surface area contributed by atoms with Gasteiger partial charge in [0.15, 0.2) is 0 Å². The topological polar surface area (TPSA) is 35.2 Å². The number of aryl methyl sites for hydroxylation is 1. The first-order valence-electron chi connectivity index (χ1n) is 6.07. The molecule has 0 radical (unpaired) electrons. The standard InChI is InChI=1S/C14H22BrNO/c1-9(2)8-17-14-10(3)5-13(15)7-12(14)6-11(4)16/h5,7,9,11H,6,8,16H2,1-4H3. The Balaban J connectivity index is 2.98. The molecular weight excluding hydrogens is 278 g/mol. The van der Waals surface area contributed by atoms with Crippen molar-refractivity contribution in [3.8, 4) is 5.75 Å². The summed E-state index contributed by atoms with van der Waals surface area (Å²) in [5.41, 5.74) is 8.23. The number of halogens is 1. The minimum atomic E-state index is 0.144. The summed E-state index contributed by atoms with van der Waals surface area (Å²) < 4.78 is 6.99. The fourth-order valence-electron chi connectivity index (χ4n) is 1.75. The van der Waals surface area contributed by atoms with E-state index in [1.807, 2.05) is 6.92 Å². The SMILES string of the molecule is Cc1cc(Br)cc(CC(C)N)c1OCC(C)C. The van der Waals surface area contributed by atoms with E-state index in [9.17, 15) is 0 Å². The first-order valence-corrected chi connectivity index (χ1v) is 6.86. The summed E-state index contributed by atoms with van der Waals surface area (Å²) in [6, 6.07) is 4.33. The minimum absolute atomic E-state index is 0.144. The maximum Gasteiger partial charge on any atom is 0.125 e. The van der Waals surface area contributed by atoms with Gasteiger partial charge in [0.2, 0.25) is 0 Å². The molecule has 1 aromatic carbocycles. The zero-order chi connectivity index (χ0) is 13.0. The Morgan fingerprint density at radius 3 is 2.47 bits per heavy atom. The van der Waals surface area contributed by atoms with Crippen LogP contribution in [0.2, 0.25) is 0 Å². The average Bonchev–Trinajstić information content (AvgIpc) is 2.14. The fourth-order valence-corrected chi connectivity index (χ4v) is 2.37. The van der Waals surface area contributed by atoms with E-state index in [1.165, 1.54) is 5.56 Å². The van der Waals surface area contributed by atoms with Crippen LogP contribution in [-0.2, 0) is 6.42 Å². The number of benzene rings is 1. The van der Waals surface area contributed by atoms with Crippen molar-refractivity contribution < 1.29 is 4.74 Å². The summed E-state index contributed by atoms with van der Waals surface area (Å²) in [5, 5.41) is 0. The molecule has 1 atom stereocenters. The lowest BCUT2D eigenvalue weighted by molar-refractivity contribution is 0.266. The first kappa shape index (κ1) is 14.5. The molecule has 0 aliphatic carbocycles. The highest BCUT2D eigenvalue weighted by Crippen LogP contribution is 2.29. The molecule has 2 nitrogen and oxygen atoms in total. The van der Waals surface area contributed by atoms with Gasteiger partial charge in [0.25, 0.3) is 0 Å². The van der Waals surface area contributed by atoms with Crippen molar-refractivity contribution in [2.75, 3.05) is 6.61 Å². The number of hydrogen-bond donors (Lipinski definition) is 1. The molecule has 0 aromatic heterocycles. The van der Waals surface area contributed by atoms with Gasteiger partial charge in [0, 0.05) is 10.5 Å². The second-order valence-corrected chi connectivity index (χ2v) is 6.01. The first-order chi connectivity index (χ1) is 7.90. The molecule has 1 rings (SSSR count). The predicted molar refractivity (Wildman–Crippen MR) is 76.6 cm³/mol. The van der Waals surface area contributed by atoms with Gasteiger partial charge in [0.05, 0.1) is 6.61 Å². The van der Waals surface area contributed by atoms with Crippen molar-refractivity contribution in [2.24, 2.45) is 11.7 Å². The molecule has 0 heterocycles. The summed E-state index contributed by atoms with van der Waals surface area (Å²) in [7, 11) is 0. The van der Waals surface area contributed by atoms with Gasteiger partial charge in [-0.1, -0.05) is 29.8 Å². The summed E-state index contributed by atoms with van der Waals surface area (Å²) in [6.45, 7) is 9.14. The molecule has 96 valence electrons. The molecule has 0 amide bonds. The monoisotopic (exact) mass is 299 g/mol. The van der Waals surface area contributed by atoms with Gasteiger partial charge in [-0.05, 0) is 49.4 Å². The van der Waals surface area contributed by atoms with Crippen LogP contribution in [0.25, 0.3) is 0 Å². The van der Waals surface area contributed by atoms with Gasteiger partial charge in [-0.2, -0.15) is 0 Å². The van der Waals surface area contributed by atoms with Gasteiger partial charge < -0.3 is 10.5 Å². The summed E-state index contributed by atoms with van der Waals surface area (Å²) in [4.78, 5) is 0. The molecule has 3 heteroatoms. The highest BCUT2D eigenvalue weighted by atomic mass is 79.9. The number of rotatable bonds is 5. The second kappa shape index (κ2) is 6.41. The van der Waals surface area contributed by atoms with E-state index in [-0.39, 0.29) is 6.04 Å². The fraction of sp³-hybridized carbons (Fsp3) is 0.571. The molecule has 0 aliphatic heterocycles. The molecule has 0 saturated carbocycles. The normalized spacial score (nSPS) is 12.9. The van der Waals surface area contributed by atoms with Crippen LogP contribution in [0.1, 0.15) is 31.9 Å². The van der Waals surface area contributed by atoms with Gasteiger partial charge >= 0.3 is 0 Å². The molecule has 0 spiro atoms. The molecule has 0 aliphatic rings. The number of nitrogens with two attached hydrogens (primary N) is 1. The lowest BCUT2D eigenvalue weighted by Crippen LogP contribution is -2.19. The highest BCUT2D eigenvalue weighted by Gasteiger charge is 2.11. The van der Waals surface area contributed by atoms with E-state index in [0.29, 0.717) is 5.92 Å². The van der Waals surface area contributed by atoms with E-state index in [2.05, 4.69) is 48.8 Å². The molecular formula is C14H22BrNO. The molecule has 1 unspecified atom stereocenters. The molecule has 1 aromatic rings. The van der Waals surface area contributed by atoms with E-state index in [0.717, 1.165) is 28.8 Å². The Morgan fingerprint density at radius 2 is 1.94 bits per heavy atom. The van der Waals surface area contributed by atoms with E-state index >= 15 is 0 Å². The van der Waals surface area contributed by atoms with E-state index in [4.69, 9.17) is 10.5 Å². The van der Waals surface area contributed by atoms with Gasteiger partial charge in [-0.25, -0.2) is 0 Å². The van der Waals surface area contributed by atoms with E-state index < -0.39 is 0 Å². The molecule has 17 heavy (non-hydrogen) atoms. The zero-order valence-corrected chi connectivity index (χ0v) is 12.7. The maximum absolute atomic E-state index is 5.91. The average molecular weight is 300 g/mol. The van der Waals surface area contributed by atoms with Crippen LogP contribution in [0.3, 0.4) is 0 Å². The predicted octanol–water partition coefficient (Wildman–Crippen LogP) is 3.68. The summed E-state index contributed by atoms with van der Waals surface area (Å²) in [6.07, 6.45) is 0.841. The second-order valence-electron chi connectivity index (χ2n) is 5.10. The van der Waals surface area contributed by atoms with Crippen molar-refractivity contribution in [3.05, 3.63) is 27.7 Å². The van der Waals surface area contributed by atoms with Crippen LogP contribution in [0.5, 0.6) is 5.75 Å². The minimum Gasteiger partial charge on any atom is -0.493 e. The Hall–Kier alpha value is -0.540. The maximum atomic E-state index is 5.91. The van der Waals surface area contributed by atoms with Crippen LogP contribution < -0.4 is 10.5 Å².